The molecule has 1 fully saturated rings. The maximum absolute atomic E-state index is 5.76. The Morgan fingerprint density at radius 2 is 2.21 bits per heavy atom. The molecule has 0 aromatic carbocycles. The van der Waals surface area contributed by atoms with E-state index < -0.39 is 0 Å². The summed E-state index contributed by atoms with van der Waals surface area (Å²) in [4.78, 5) is 4.42. The average Bonchev–Trinajstić information content (AvgIpc) is 2.52. The van der Waals surface area contributed by atoms with Gasteiger partial charge in [0.2, 0.25) is 5.89 Å². The maximum Gasteiger partial charge on any atom is 0.234 e. The van der Waals surface area contributed by atoms with Crippen LogP contribution >= 0.6 is 0 Å². The van der Waals surface area contributed by atoms with Crippen LogP contribution in [-0.4, -0.2) is 16.7 Å². The molecule has 0 atom stereocenters. The third kappa shape index (κ3) is 1.34. The largest absolute Gasteiger partial charge is 0.339 e. The van der Waals surface area contributed by atoms with E-state index in [4.69, 9.17) is 10.3 Å². The second-order valence-electron chi connectivity index (χ2n) is 4.45. The number of hydrogen-bond donors (Lipinski definition) is 1. The van der Waals surface area contributed by atoms with Crippen LogP contribution in [0.5, 0.6) is 0 Å². The van der Waals surface area contributed by atoms with Crippen molar-refractivity contribution in [3.8, 4) is 0 Å². The van der Waals surface area contributed by atoms with E-state index in [1.54, 1.807) is 0 Å². The second kappa shape index (κ2) is 3.35. The van der Waals surface area contributed by atoms with E-state index in [-0.39, 0.29) is 5.41 Å². The molecule has 0 aliphatic heterocycles. The molecule has 4 heteroatoms. The van der Waals surface area contributed by atoms with Gasteiger partial charge < -0.3 is 10.3 Å². The Hall–Kier alpha value is -0.900. The van der Waals surface area contributed by atoms with Gasteiger partial charge in [-0.2, -0.15) is 4.98 Å². The zero-order valence-corrected chi connectivity index (χ0v) is 8.79. The molecule has 0 radical (unpaired) electrons. The fourth-order valence-corrected chi connectivity index (χ4v) is 1.79. The molecule has 0 bridgehead atoms. The molecule has 0 spiro atoms. The van der Waals surface area contributed by atoms with Crippen LogP contribution in [0.15, 0.2) is 4.52 Å². The Balaban J connectivity index is 2.23. The van der Waals surface area contributed by atoms with Gasteiger partial charge in [-0.25, -0.2) is 0 Å². The molecular formula is C10H17N3O. The number of aromatic nitrogens is 2. The Bertz CT molecular complexity index is 309. The van der Waals surface area contributed by atoms with Crippen LogP contribution in [0.2, 0.25) is 0 Å². The summed E-state index contributed by atoms with van der Waals surface area (Å²) in [5.41, 5.74) is 5.76. The molecule has 2 rings (SSSR count). The summed E-state index contributed by atoms with van der Waals surface area (Å²) in [7, 11) is 0. The third-order valence-corrected chi connectivity index (χ3v) is 3.11. The molecule has 1 saturated carbocycles. The highest BCUT2D eigenvalue weighted by Gasteiger charge is 2.42. The normalized spacial score (nSPS) is 19.7. The van der Waals surface area contributed by atoms with E-state index in [1.807, 2.05) is 0 Å². The molecule has 4 nitrogen and oxygen atoms in total. The van der Waals surface area contributed by atoms with E-state index >= 15 is 0 Å². The summed E-state index contributed by atoms with van der Waals surface area (Å²) in [5, 5.41) is 3.97. The first-order chi connectivity index (χ1) is 6.68. The minimum Gasteiger partial charge on any atom is -0.339 e. The van der Waals surface area contributed by atoms with Crippen LogP contribution in [0.3, 0.4) is 0 Å². The Morgan fingerprint density at radius 1 is 1.50 bits per heavy atom. The van der Waals surface area contributed by atoms with Gasteiger partial charge in [0.25, 0.3) is 0 Å². The monoisotopic (exact) mass is 195 g/mol. The van der Waals surface area contributed by atoms with Gasteiger partial charge in [0.15, 0.2) is 5.82 Å². The summed E-state index contributed by atoms with van der Waals surface area (Å²) in [6.45, 7) is 4.74. The van der Waals surface area contributed by atoms with E-state index in [9.17, 15) is 0 Å². The van der Waals surface area contributed by atoms with Gasteiger partial charge in [0.05, 0.1) is 5.41 Å². The fraction of sp³-hybridized carbons (Fsp3) is 0.800. The number of nitrogens with zero attached hydrogens (tertiary/aromatic N) is 2. The molecule has 1 heterocycles. The molecular weight excluding hydrogens is 178 g/mol. The first-order valence-corrected chi connectivity index (χ1v) is 5.22. The van der Waals surface area contributed by atoms with Crippen LogP contribution in [0.1, 0.15) is 50.7 Å². The van der Waals surface area contributed by atoms with Gasteiger partial charge in [0, 0.05) is 12.5 Å². The smallest absolute Gasteiger partial charge is 0.234 e. The Morgan fingerprint density at radius 3 is 2.57 bits per heavy atom. The summed E-state index contributed by atoms with van der Waals surface area (Å²) in [5.74, 6) is 1.86. The lowest BCUT2D eigenvalue weighted by Crippen LogP contribution is -2.41. The number of rotatable bonds is 3. The molecule has 1 aromatic rings. The topological polar surface area (TPSA) is 64.9 Å². The van der Waals surface area contributed by atoms with Crippen molar-refractivity contribution in [3.05, 3.63) is 11.7 Å². The molecule has 0 amide bonds. The zero-order valence-electron chi connectivity index (χ0n) is 8.79. The molecule has 1 aliphatic carbocycles. The summed E-state index contributed by atoms with van der Waals surface area (Å²) in [6, 6.07) is 0. The Kier molecular flexibility index (Phi) is 2.31. The number of hydrogen-bond acceptors (Lipinski definition) is 4. The lowest BCUT2D eigenvalue weighted by atomic mass is 9.69. The van der Waals surface area contributed by atoms with Gasteiger partial charge in [0.1, 0.15) is 0 Å². The fourth-order valence-electron chi connectivity index (χ4n) is 1.79. The standard InChI is InChI=1S/C10H17N3O/c1-7(2)8-12-9(14-13-8)10(6-11)4-3-5-10/h7H,3-6,11H2,1-2H3. The second-order valence-corrected chi connectivity index (χ2v) is 4.45. The van der Waals surface area contributed by atoms with Crippen molar-refractivity contribution in [2.24, 2.45) is 5.73 Å². The first-order valence-electron chi connectivity index (χ1n) is 5.22. The predicted molar refractivity (Wildman–Crippen MR) is 53.0 cm³/mol. The van der Waals surface area contributed by atoms with Crippen LogP contribution < -0.4 is 5.73 Å². The van der Waals surface area contributed by atoms with Crippen molar-refractivity contribution in [1.82, 2.24) is 10.1 Å². The molecule has 0 unspecified atom stereocenters. The van der Waals surface area contributed by atoms with Crippen LogP contribution in [0.25, 0.3) is 0 Å². The van der Waals surface area contributed by atoms with Gasteiger partial charge in [-0.3, -0.25) is 0 Å². The summed E-state index contributed by atoms with van der Waals surface area (Å²) < 4.78 is 5.28. The van der Waals surface area contributed by atoms with Crippen LogP contribution in [0, 0.1) is 0 Å². The van der Waals surface area contributed by atoms with E-state index in [1.165, 1.54) is 6.42 Å². The lowest BCUT2D eigenvalue weighted by molar-refractivity contribution is 0.181. The maximum atomic E-state index is 5.76. The number of nitrogens with two attached hydrogens (primary N) is 1. The van der Waals surface area contributed by atoms with E-state index in [0.717, 1.165) is 24.6 Å². The molecule has 1 aliphatic rings. The molecule has 2 N–H and O–H groups in total. The van der Waals surface area contributed by atoms with Crippen molar-refractivity contribution >= 4 is 0 Å². The average molecular weight is 195 g/mol. The molecule has 78 valence electrons. The summed E-state index contributed by atoms with van der Waals surface area (Å²) in [6.07, 6.45) is 3.39. The molecule has 0 saturated heterocycles. The van der Waals surface area contributed by atoms with Crippen molar-refractivity contribution < 1.29 is 4.52 Å². The zero-order chi connectivity index (χ0) is 10.2. The lowest BCUT2D eigenvalue weighted by Gasteiger charge is -2.36. The molecule has 1 aromatic heterocycles. The van der Waals surface area contributed by atoms with Gasteiger partial charge in [-0.1, -0.05) is 25.4 Å². The SMILES string of the molecule is CC(C)c1noc(C2(CN)CCC2)n1. The van der Waals surface area contributed by atoms with Crippen molar-refractivity contribution in [2.75, 3.05) is 6.54 Å². The van der Waals surface area contributed by atoms with Crippen molar-refractivity contribution in [1.29, 1.82) is 0 Å². The predicted octanol–water partition coefficient (Wildman–Crippen LogP) is 1.57. The first kappa shape index (κ1) is 9.65. The van der Waals surface area contributed by atoms with Gasteiger partial charge in [-0.05, 0) is 12.8 Å². The third-order valence-electron chi connectivity index (χ3n) is 3.11. The highest BCUT2D eigenvalue weighted by Crippen LogP contribution is 2.42. The highest BCUT2D eigenvalue weighted by molar-refractivity contribution is 5.12. The highest BCUT2D eigenvalue weighted by atomic mass is 16.5. The van der Waals surface area contributed by atoms with Gasteiger partial charge >= 0.3 is 0 Å². The summed E-state index contributed by atoms with van der Waals surface area (Å²) >= 11 is 0. The van der Waals surface area contributed by atoms with E-state index in [2.05, 4.69) is 24.0 Å². The quantitative estimate of drug-likeness (QED) is 0.795. The van der Waals surface area contributed by atoms with Crippen LogP contribution in [0.4, 0.5) is 0 Å². The molecule has 14 heavy (non-hydrogen) atoms. The minimum atomic E-state index is 0.000139. The van der Waals surface area contributed by atoms with Crippen LogP contribution in [-0.2, 0) is 5.41 Å². The van der Waals surface area contributed by atoms with Gasteiger partial charge in [-0.15, -0.1) is 0 Å². The van der Waals surface area contributed by atoms with Crippen molar-refractivity contribution in [2.45, 2.75) is 44.4 Å². The minimum absolute atomic E-state index is 0.000139. The Labute approximate surface area is 83.9 Å². The van der Waals surface area contributed by atoms with Crippen molar-refractivity contribution in [3.63, 3.8) is 0 Å². The van der Waals surface area contributed by atoms with E-state index in [0.29, 0.717) is 12.5 Å².